The van der Waals surface area contributed by atoms with E-state index in [1.165, 1.54) is 5.06 Å². The second kappa shape index (κ2) is 5.96. The molecule has 142 valence electrons. The third-order valence-electron chi connectivity index (χ3n) is 5.57. The van der Waals surface area contributed by atoms with Crippen LogP contribution >= 0.6 is 0 Å². The van der Waals surface area contributed by atoms with Gasteiger partial charge in [-0.2, -0.15) is 0 Å². The number of ether oxygens (including phenoxy) is 2. The number of hydrogen-bond donors (Lipinski definition) is 1. The minimum atomic E-state index is -0.937. The Bertz CT molecular complexity index is 1020. The lowest BCUT2D eigenvalue weighted by Crippen LogP contribution is -2.49. The van der Waals surface area contributed by atoms with E-state index in [-0.39, 0.29) is 0 Å². The highest BCUT2D eigenvalue weighted by molar-refractivity contribution is 5.79. The fraction of sp³-hybridized carbons (Fsp3) is 0.333. The average molecular weight is 376 g/mol. The molecule has 0 radical (unpaired) electrons. The molecule has 0 aromatic heterocycles. The molecular formula is C21H20N4O3. The van der Waals surface area contributed by atoms with E-state index < -0.39 is 11.3 Å². The number of nitrogens with zero attached hydrogens (tertiary/aromatic N) is 3. The number of benzene rings is 2. The lowest BCUT2D eigenvalue weighted by molar-refractivity contribution is -0.203. The Hall–Kier alpha value is -3.08. The molecule has 3 aliphatic rings. The van der Waals surface area contributed by atoms with Crippen LogP contribution in [-0.4, -0.2) is 36.9 Å². The summed E-state index contributed by atoms with van der Waals surface area (Å²) in [5, 5.41) is 1.50. The number of fused-ring (bicyclic) bond motifs is 2. The van der Waals surface area contributed by atoms with Crippen LogP contribution in [0, 0.1) is 6.57 Å². The van der Waals surface area contributed by atoms with Crippen LogP contribution in [-0.2, 0) is 15.3 Å². The van der Waals surface area contributed by atoms with Gasteiger partial charge in [0.05, 0.1) is 25.3 Å². The first kappa shape index (κ1) is 17.0. The maximum atomic E-state index is 7.26. The molecule has 3 heterocycles. The molecule has 7 heteroatoms. The van der Waals surface area contributed by atoms with Gasteiger partial charge < -0.3 is 15.2 Å². The molecule has 0 saturated carbocycles. The molecule has 2 spiro atoms. The molecule has 0 bridgehead atoms. The van der Waals surface area contributed by atoms with E-state index in [9.17, 15) is 0 Å². The van der Waals surface area contributed by atoms with Crippen LogP contribution in [0.2, 0.25) is 0 Å². The van der Waals surface area contributed by atoms with Gasteiger partial charge in [-0.25, -0.2) is 19.7 Å². The van der Waals surface area contributed by atoms with Crippen LogP contribution in [0.4, 0.5) is 5.69 Å². The molecule has 3 aliphatic heterocycles. The Kier molecular flexibility index (Phi) is 3.63. The third-order valence-corrected chi connectivity index (χ3v) is 5.57. The fourth-order valence-corrected chi connectivity index (χ4v) is 4.20. The molecule has 5 rings (SSSR count). The highest BCUT2D eigenvalue weighted by atomic mass is 16.7. The average Bonchev–Trinajstić information content (AvgIpc) is 3.26. The molecule has 2 aromatic rings. The van der Waals surface area contributed by atoms with Crippen molar-refractivity contribution in [1.82, 2.24) is 5.06 Å². The van der Waals surface area contributed by atoms with E-state index in [1.54, 1.807) is 13.1 Å². The van der Waals surface area contributed by atoms with Gasteiger partial charge in [0.15, 0.2) is 5.69 Å². The lowest BCUT2D eigenvalue weighted by atomic mass is 9.83. The summed E-state index contributed by atoms with van der Waals surface area (Å²) in [6.45, 7) is 8.42. The molecule has 7 nitrogen and oxygen atoms in total. The van der Waals surface area contributed by atoms with Crippen molar-refractivity contribution in [2.24, 2.45) is 10.7 Å². The summed E-state index contributed by atoms with van der Waals surface area (Å²) < 4.78 is 12.0. The minimum absolute atomic E-state index is 0.335. The molecule has 28 heavy (non-hydrogen) atoms. The molecule has 0 unspecified atom stereocenters. The zero-order chi connectivity index (χ0) is 19.4. The van der Waals surface area contributed by atoms with E-state index in [0.717, 1.165) is 28.9 Å². The predicted molar refractivity (Wildman–Crippen MR) is 104 cm³/mol. The summed E-state index contributed by atoms with van der Waals surface area (Å²) in [7, 11) is 1.75. The Balaban J connectivity index is 1.65. The number of guanidine groups is 1. The van der Waals surface area contributed by atoms with Crippen molar-refractivity contribution in [1.29, 1.82) is 0 Å². The highest BCUT2D eigenvalue weighted by Crippen LogP contribution is 2.52. The summed E-state index contributed by atoms with van der Waals surface area (Å²) in [4.78, 5) is 14.4. The van der Waals surface area contributed by atoms with Gasteiger partial charge in [-0.15, -0.1) is 0 Å². The molecule has 0 aliphatic carbocycles. The van der Waals surface area contributed by atoms with Crippen LogP contribution < -0.4 is 10.5 Å². The van der Waals surface area contributed by atoms with Crippen molar-refractivity contribution in [3.63, 3.8) is 0 Å². The zero-order valence-corrected chi connectivity index (χ0v) is 15.5. The number of nitrogens with two attached hydrogens (primary N) is 1. The first-order valence-corrected chi connectivity index (χ1v) is 9.20. The van der Waals surface area contributed by atoms with Crippen molar-refractivity contribution < 1.29 is 14.3 Å². The number of rotatable bonds is 1. The first-order valence-electron chi connectivity index (χ1n) is 9.20. The molecule has 1 fully saturated rings. The van der Waals surface area contributed by atoms with Gasteiger partial charge in [-0.05, 0) is 29.3 Å². The van der Waals surface area contributed by atoms with Crippen LogP contribution in [0.1, 0.15) is 18.4 Å². The zero-order valence-electron chi connectivity index (χ0n) is 15.5. The van der Waals surface area contributed by atoms with E-state index in [0.29, 0.717) is 31.3 Å². The van der Waals surface area contributed by atoms with E-state index >= 15 is 0 Å². The molecule has 2 atom stereocenters. The smallest absolute Gasteiger partial charge is 0.222 e. The lowest BCUT2D eigenvalue weighted by Gasteiger charge is -2.42. The predicted octanol–water partition coefficient (Wildman–Crippen LogP) is 3.19. The largest absolute Gasteiger partial charge is 0.484 e. The van der Waals surface area contributed by atoms with Crippen molar-refractivity contribution in [2.75, 3.05) is 20.3 Å². The van der Waals surface area contributed by atoms with Gasteiger partial charge >= 0.3 is 0 Å². The number of hydroxylamine groups is 2. The topological polar surface area (TPSA) is 73.7 Å². The molecule has 0 amide bonds. The minimum Gasteiger partial charge on any atom is -0.484 e. The van der Waals surface area contributed by atoms with Gasteiger partial charge in [0.2, 0.25) is 11.7 Å². The summed E-state index contributed by atoms with van der Waals surface area (Å²) >= 11 is 0. The second-order valence-corrected chi connectivity index (χ2v) is 7.48. The van der Waals surface area contributed by atoms with Crippen molar-refractivity contribution in [2.45, 2.75) is 24.2 Å². The van der Waals surface area contributed by atoms with Gasteiger partial charge in [0.1, 0.15) is 11.4 Å². The van der Waals surface area contributed by atoms with Crippen molar-refractivity contribution >= 4 is 11.6 Å². The van der Waals surface area contributed by atoms with Gasteiger partial charge in [0, 0.05) is 19.9 Å². The van der Waals surface area contributed by atoms with Gasteiger partial charge in [-0.1, -0.05) is 24.3 Å². The fourth-order valence-electron chi connectivity index (χ4n) is 4.20. The monoisotopic (exact) mass is 376 g/mol. The molecular weight excluding hydrogens is 356 g/mol. The van der Waals surface area contributed by atoms with Crippen LogP contribution in [0.3, 0.4) is 0 Å². The summed E-state index contributed by atoms with van der Waals surface area (Å²) in [6.07, 6.45) is 1.31. The second-order valence-electron chi connectivity index (χ2n) is 7.48. The molecule has 2 aromatic carbocycles. The standard InChI is InChI=1S/C21H20N4O3/c1-23-16-5-3-4-14(10-16)15-6-7-18-17(11-15)21(24-19(22)25(2)28-21)12-20(27-18)8-9-26-13-20/h3-7,10-11H,8-9,12-13H2,2H3,(H2,22,24)/t20-,21+/m0/s1. The third kappa shape index (κ3) is 2.53. The molecule has 1 saturated heterocycles. The Morgan fingerprint density at radius 2 is 2.07 bits per heavy atom. The number of hydrogen-bond acceptors (Lipinski definition) is 6. The van der Waals surface area contributed by atoms with Gasteiger partial charge in [-0.3, -0.25) is 0 Å². The number of aliphatic imine (C=N–C) groups is 1. The normalized spacial score (nSPS) is 28.1. The van der Waals surface area contributed by atoms with Crippen LogP contribution in [0.5, 0.6) is 5.75 Å². The van der Waals surface area contributed by atoms with Crippen LogP contribution in [0.25, 0.3) is 16.0 Å². The molecule has 2 N–H and O–H groups in total. The Morgan fingerprint density at radius 3 is 2.79 bits per heavy atom. The maximum Gasteiger partial charge on any atom is 0.222 e. The summed E-state index contributed by atoms with van der Waals surface area (Å²) in [6, 6.07) is 13.5. The van der Waals surface area contributed by atoms with E-state index in [1.807, 2.05) is 36.4 Å². The maximum absolute atomic E-state index is 7.26. The summed E-state index contributed by atoms with van der Waals surface area (Å²) in [5.41, 5.74) is 8.02. The Morgan fingerprint density at radius 1 is 1.21 bits per heavy atom. The quantitative estimate of drug-likeness (QED) is 0.774. The summed E-state index contributed by atoms with van der Waals surface area (Å²) in [5.74, 6) is 1.07. The van der Waals surface area contributed by atoms with Crippen molar-refractivity contribution in [3.05, 3.63) is 59.4 Å². The van der Waals surface area contributed by atoms with E-state index in [4.69, 9.17) is 31.6 Å². The van der Waals surface area contributed by atoms with Gasteiger partial charge in [0.25, 0.3) is 0 Å². The van der Waals surface area contributed by atoms with E-state index in [2.05, 4.69) is 4.85 Å². The SMILES string of the molecule is [C-]#[N+]c1cccc(-c2ccc3c(c2)[C@]2(C[C@]4(CCOC4)O3)N=C(N)N(C)O2)c1. The highest BCUT2D eigenvalue weighted by Gasteiger charge is 2.55. The Labute approximate surface area is 163 Å². The van der Waals surface area contributed by atoms with Crippen LogP contribution in [0.15, 0.2) is 47.5 Å². The van der Waals surface area contributed by atoms with Crippen molar-refractivity contribution in [3.8, 4) is 16.9 Å². The first-order chi connectivity index (χ1) is 13.5.